The van der Waals surface area contributed by atoms with Crippen molar-refractivity contribution >= 4 is 24.0 Å². The van der Waals surface area contributed by atoms with Crippen molar-refractivity contribution in [2.24, 2.45) is 0 Å². The Hall–Kier alpha value is -1.79. The van der Waals surface area contributed by atoms with Gasteiger partial charge in [-0.05, 0) is 44.0 Å². The van der Waals surface area contributed by atoms with Crippen LogP contribution in [0.2, 0.25) is 0 Å². The predicted molar refractivity (Wildman–Crippen MR) is 85.9 cm³/mol. The van der Waals surface area contributed by atoms with Gasteiger partial charge in [0.15, 0.2) is 6.29 Å². The van der Waals surface area contributed by atoms with Crippen LogP contribution in [0.15, 0.2) is 29.3 Å². The van der Waals surface area contributed by atoms with Crippen LogP contribution in [0, 0.1) is 6.92 Å². The second kappa shape index (κ2) is 6.14. The average Bonchev–Trinajstić information content (AvgIpc) is 3.06. The highest BCUT2D eigenvalue weighted by atomic mass is 32.2. The third kappa shape index (κ3) is 2.89. The van der Waals surface area contributed by atoms with Crippen molar-refractivity contribution < 1.29 is 9.59 Å². The van der Waals surface area contributed by atoms with Gasteiger partial charge in [-0.2, -0.15) is 0 Å². The number of nitrogens with zero attached hydrogens (tertiary/aromatic N) is 3. The largest absolute Gasteiger partial charge is 0.349 e. The summed E-state index contributed by atoms with van der Waals surface area (Å²) in [7, 11) is 0. The van der Waals surface area contributed by atoms with Gasteiger partial charge in [0.25, 0.3) is 0 Å². The summed E-state index contributed by atoms with van der Waals surface area (Å²) in [5.74, 6) is 0.0501. The Morgan fingerprint density at radius 2 is 2.23 bits per heavy atom. The normalized spacial score (nSPS) is 14.8. The number of aromatic nitrogens is 2. The summed E-state index contributed by atoms with van der Waals surface area (Å²) >= 11 is 1.66. The Morgan fingerprint density at radius 3 is 2.95 bits per heavy atom. The monoisotopic (exact) mass is 317 g/mol. The van der Waals surface area contributed by atoms with E-state index in [0.717, 1.165) is 36.5 Å². The standard InChI is InChI=1S/C16H19N3O2S/c1-12(21)9-19-13(2)16(8-15(19)11-20)22-18-7-6-17-5-3-4-14(17)10-18/h3-5,8,11H,6-7,9-10H2,1-2H3. The number of rotatable bonds is 5. The van der Waals surface area contributed by atoms with Gasteiger partial charge in [0.2, 0.25) is 0 Å². The van der Waals surface area contributed by atoms with Crippen LogP contribution in [0.4, 0.5) is 0 Å². The fourth-order valence-electron chi connectivity index (χ4n) is 2.77. The van der Waals surface area contributed by atoms with Crippen molar-refractivity contribution in [3.63, 3.8) is 0 Å². The maximum Gasteiger partial charge on any atom is 0.166 e. The van der Waals surface area contributed by atoms with E-state index >= 15 is 0 Å². The molecule has 22 heavy (non-hydrogen) atoms. The molecular formula is C16H19N3O2S. The molecule has 0 radical (unpaired) electrons. The molecule has 0 aromatic carbocycles. The van der Waals surface area contributed by atoms with Gasteiger partial charge in [-0.15, -0.1) is 0 Å². The van der Waals surface area contributed by atoms with Gasteiger partial charge in [0, 0.05) is 42.1 Å². The Balaban J connectivity index is 1.80. The fourth-order valence-corrected chi connectivity index (χ4v) is 3.84. The Morgan fingerprint density at radius 1 is 1.41 bits per heavy atom. The molecule has 116 valence electrons. The lowest BCUT2D eigenvalue weighted by atomic mass is 10.3. The van der Waals surface area contributed by atoms with E-state index in [1.807, 2.05) is 13.0 Å². The van der Waals surface area contributed by atoms with Crippen molar-refractivity contribution in [2.75, 3.05) is 6.54 Å². The zero-order valence-electron chi connectivity index (χ0n) is 12.8. The van der Waals surface area contributed by atoms with E-state index in [1.165, 1.54) is 5.69 Å². The second-order valence-electron chi connectivity index (χ2n) is 5.57. The first-order valence-electron chi connectivity index (χ1n) is 7.30. The highest BCUT2D eigenvalue weighted by molar-refractivity contribution is 7.97. The first-order chi connectivity index (χ1) is 10.6. The number of carbonyl (C=O) groups is 2. The van der Waals surface area contributed by atoms with E-state index in [9.17, 15) is 9.59 Å². The Labute approximate surface area is 134 Å². The fraction of sp³-hybridized carbons (Fsp3) is 0.375. The minimum atomic E-state index is 0.0501. The summed E-state index contributed by atoms with van der Waals surface area (Å²) in [5, 5.41) is 0. The molecule has 5 nitrogen and oxygen atoms in total. The molecule has 3 heterocycles. The molecule has 1 aliphatic rings. The van der Waals surface area contributed by atoms with E-state index in [4.69, 9.17) is 0 Å². The number of Topliss-reactive ketones (excluding diaryl/α,β-unsaturated/α-hetero) is 1. The van der Waals surface area contributed by atoms with Gasteiger partial charge < -0.3 is 9.13 Å². The minimum absolute atomic E-state index is 0.0501. The Kier molecular flexibility index (Phi) is 4.22. The minimum Gasteiger partial charge on any atom is -0.349 e. The molecule has 0 fully saturated rings. The van der Waals surface area contributed by atoms with Crippen molar-refractivity contribution in [3.05, 3.63) is 41.5 Å². The van der Waals surface area contributed by atoms with Crippen LogP contribution in [0.1, 0.15) is 28.8 Å². The number of ketones is 1. The van der Waals surface area contributed by atoms with Gasteiger partial charge in [-0.25, -0.2) is 4.31 Å². The zero-order valence-corrected chi connectivity index (χ0v) is 13.6. The van der Waals surface area contributed by atoms with Crippen molar-refractivity contribution in [3.8, 4) is 0 Å². The SMILES string of the molecule is CC(=O)Cn1c(C=O)cc(SN2CCn3cccc3C2)c1C. The van der Waals surface area contributed by atoms with Crippen molar-refractivity contribution in [1.29, 1.82) is 0 Å². The first-order valence-corrected chi connectivity index (χ1v) is 8.07. The van der Waals surface area contributed by atoms with Crippen LogP contribution >= 0.6 is 11.9 Å². The molecule has 2 aromatic heterocycles. The molecule has 0 unspecified atom stereocenters. The van der Waals surface area contributed by atoms with Gasteiger partial charge in [-0.3, -0.25) is 9.59 Å². The molecule has 0 bridgehead atoms. The lowest BCUT2D eigenvalue weighted by Crippen LogP contribution is -2.27. The van der Waals surface area contributed by atoms with E-state index in [-0.39, 0.29) is 12.3 Å². The second-order valence-corrected chi connectivity index (χ2v) is 6.71. The highest BCUT2D eigenvalue weighted by Gasteiger charge is 2.20. The molecule has 6 heteroatoms. The third-order valence-electron chi connectivity index (χ3n) is 3.93. The molecule has 1 aliphatic heterocycles. The highest BCUT2D eigenvalue weighted by Crippen LogP contribution is 2.31. The quantitative estimate of drug-likeness (QED) is 0.628. The average molecular weight is 317 g/mol. The topological polar surface area (TPSA) is 47.2 Å². The molecule has 0 atom stereocenters. The van der Waals surface area contributed by atoms with Gasteiger partial charge in [0.1, 0.15) is 5.78 Å². The number of fused-ring (bicyclic) bond motifs is 1. The van der Waals surface area contributed by atoms with E-state index in [2.05, 4.69) is 27.2 Å². The lowest BCUT2D eigenvalue weighted by molar-refractivity contribution is -0.117. The summed E-state index contributed by atoms with van der Waals surface area (Å²) in [4.78, 5) is 23.7. The van der Waals surface area contributed by atoms with Gasteiger partial charge >= 0.3 is 0 Å². The molecule has 0 saturated heterocycles. The maximum atomic E-state index is 11.4. The van der Waals surface area contributed by atoms with Crippen LogP contribution in [-0.4, -0.2) is 32.1 Å². The molecule has 0 amide bonds. The summed E-state index contributed by atoms with van der Waals surface area (Å²) in [5.41, 5.74) is 2.84. The molecule has 0 spiro atoms. The third-order valence-corrected chi connectivity index (χ3v) is 5.11. The molecule has 3 rings (SSSR count). The smallest absolute Gasteiger partial charge is 0.166 e. The number of carbonyl (C=O) groups excluding carboxylic acids is 2. The van der Waals surface area contributed by atoms with Crippen LogP contribution in [0.5, 0.6) is 0 Å². The van der Waals surface area contributed by atoms with Crippen LogP contribution in [0.3, 0.4) is 0 Å². The zero-order chi connectivity index (χ0) is 15.7. The summed E-state index contributed by atoms with van der Waals surface area (Å²) < 4.78 is 6.36. The number of hydrogen-bond donors (Lipinski definition) is 0. The van der Waals surface area contributed by atoms with Crippen molar-refractivity contribution in [2.45, 2.75) is 38.4 Å². The molecule has 2 aromatic rings. The van der Waals surface area contributed by atoms with Crippen LogP contribution in [0.25, 0.3) is 0 Å². The van der Waals surface area contributed by atoms with Crippen LogP contribution < -0.4 is 0 Å². The predicted octanol–water partition coefficient (Wildman–Crippen LogP) is 2.52. The lowest BCUT2D eigenvalue weighted by Gasteiger charge is -2.27. The molecule has 0 saturated carbocycles. The number of aldehydes is 1. The maximum absolute atomic E-state index is 11.4. The molecular weight excluding hydrogens is 298 g/mol. The molecule has 0 N–H and O–H groups in total. The summed E-state index contributed by atoms with van der Waals surface area (Å²) in [6, 6.07) is 6.09. The Bertz CT molecular complexity index is 717. The van der Waals surface area contributed by atoms with Gasteiger partial charge in [-0.1, -0.05) is 0 Å². The summed E-state index contributed by atoms with van der Waals surface area (Å²) in [6.07, 6.45) is 2.93. The first kappa shape index (κ1) is 15.1. The van der Waals surface area contributed by atoms with Crippen LogP contribution in [-0.2, 0) is 24.4 Å². The summed E-state index contributed by atoms with van der Waals surface area (Å²) in [6.45, 7) is 6.57. The number of hydrogen-bond acceptors (Lipinski definition) is 4. The van der Waals surface area contributed by atoms with E-state index < -0.39 is 0 Å². The van der Waals surface area contributed by atoms with Gasteiger partial charge in [0.05, 0.1) is 12.2 Å². The van der Waals surface area contributed by atoms with E-state index in [1.54, 1.807) is 23.4 Å². The van der Waals surface area contributed by atoms with Crippen molar-refractivity contribution in [1.82, 2.24) is 13.4 Å². The molecule has 0 aliphatic carbocycles. The van der Waals surface area contributed by atoms with E-state index in [0.29, 0.717) is 5.69 Å².